The average molecular weight is 576 g/mol. The van der Waals surface area contributed by atoms with Gasteiger partial charge in [0, 0.05) is 32.6 Å². The minimum Gasteiger partial charge on any atom is -0.493 e. The van der Waals surface area contributed by atoms with Crippen LogP contribution < -0.4 is 20.3 Å². The predicted octanol–water partition coefficient (Wildman–Crippen LogP) is 1.89. The molecular formula is C30H33N5O7. The second-order valence-electron chi connectivity index (χ2n) is 10.4. The number of hydrogen-bond donors (Lipinski definition) is 2. The van der Waals surface area contributed by atoms with Crippen LogP contribution in [0.4, 0.5) is 0 Å². The Morgan fingerprint density at radius 2 is 1.90 bits per heavy atom. The fourth-order valence-corrected chi connectivity index (χ4v) is 5.04. The third-order valence-electron chi connectivity index (χ3n) is 7.34. The van der Waals surface area contributed by atoms with E-state index in [4.69, 9.17) is 14.2 Å². The van der Waals surface area contributed by atoms with E-state index in [1.54, 1.807) is 19.1 Å². The zero-order chi connectivity index (χ0) is 29.6. The summed E-state index contributed by atoms with van der Waals surface area (Å²) in [6.07, 6.45) is 0.582. The van der Waals surface area contributed by atoms with Crippen molar-refractivity contribution in [2.75, 3.05) is 33.8 Å². The van der Waals surface area contributed by atoms with Crippen molar-refractivity contribution >= 4 is 17.7 Å². The molecule has 3 aromatic rings. The van der Waals surface area contributed by atoms with E-state index in [9.17, 15) is 19.2 Å². The number of methoxy groups -OCH3 is 1. The van der Waals surface area contributed by atoms with Crippen molar-refractivity contribution in [3.8, 4) is 17.2 Å². The molecule has 0 saturated carbocycles. The number of likely N-dealkylation sites (N-methyl/N-ethyl adjacent to an activating group) is 1. The van der Waals surface area contributed by atoms with Gasteiger partial charge in [-0.2, -0.15) is 5.10 Å². The maximum absolute atomic E-state index is 13.1. The molecule has 3 amide bonds. The van der Waals surface area contributed by atoms with Gasteiger partial charge in [0.15, 0.2) is 11.5 Å². The molecule has 4 heterocycles. The highest BCUT2D eigenvalue weighted by Gasteiger charge is 2.34. The van der Waals surface area contributed by atoms with Crippen molar-refractivity contribution in [1.29, 1.82) is 0 Å². The van der Waals surface area contributed by atoms with Gasteiger partial charge in [0.1, 0.15) is 11.4 Å². The summed E-state index contributed by atoms with van der Waals surface area (Å²) < 4.78 is 18.0. The number of aromatic amines is 1. The van der Waals surface area contributed by atoms with Gasteiger partial charge in [0.05, 0.1) is 32.4 Å². The van der Waals surface area contributed by atoms with Crippen molar-refractivity contribution in [3.63, 3.8) is 0 Å². The predicted molar refractivity (Wildman–Crippen MR) is 151 cm³/mol. The van der Waals surface area contributed by atoms with E-state index in [0.29, 0.717) is 36.6 Å². The maximum atomic E-state index is 13.1. The van der Waals surface area contributed by atoms with E-state index < -0.39 is 17.7 Å². The average Bonchev–Trinajstić information content (AvgIpc) is 2.99. The molecule has 42 heavy (non-hydrogen) atoms. The lowest BCUT2D eigenvalue weighted by atomic mass is 10.0. The Morgan fingerprint density at radius 1 is 1.05 bits per heavy atom. The smallest absolute Gasteiger partial charge is 0.274 e. The van der Waals surface area contributed by atoms with Crippen LogP contribution in [-0.4, -0.2) is 83.7 Å². The molecule has 12 nitrogen and oxygen atoms in total. The van der Waals surface area contributed by atoms with Crippen LogP contribution in [-0.2, 0) is 27.4 Å². The van der Waals surface area contributed by atoms with Crippen LogP contribution in [0.15, 0.2) is 59.4 Å². The summed E-state index contributed by atoms with van der Waals surface area (Å²) in [6, 6.07) is 15.2. The standard InChI is InChI=1S/C30H33N5O7/c1-34-17-28(37)31-22-12-13-35(30(39)23-8-10-27(36)33-32-23)16-26(22)41-18-20-4-3-5-21(14-20)42-24-9-6-19(7-11-29(34)38)15-25(24)40-2/h3-6,8-10,14-15,22,26H,7,11-13,16-18H2,1-2H3,(H,31,37)(H,33,36)/t22-,26-/m0/s1. The summed E-state index contributed by atoms with van der Waals surface area (Å²) in [7, 11) is 3.16. The van der Waals surface area contributed by atoms with Crippen LogP contribution in [0.3, 0.4) is 0 Å². The summed E-state index contributed by atoms with van der Waals surface area (Å²) in [5.74, 6) is 0.833. The Hall–Kier alpha value is -4.71. The Labute approximate surface area is 242 Å². The first kappa shape index (κ1) is 28.8. The number of piperidine rings is 1. The molecule has 12 heteroatoms. The SMILES string of the molecule is COc1cc2ccc1Oc1cccc(c1)CO[C@H]1CN(C(=O)c3ccc(=O)[nH]n3)CC[C@@H]1NC(=O)CN(C)C(=O)CC2. The minimum atomic E-state index is -0.547. The van der Waals surface area contributed by atoms with Crippen molar-refractivity contribution in [2.45, 2.75) is 38.0 Å². The molecule has 0 aliphatic carbocycles. The highest BCUT2D eigenvalue weighted by Crippen LogP contribution is 2.33. The summed E-state index contributed by atoms with van der Waals surface area (Å²) >= 11 is 0. The van der Waals surface area contributed by atoms with Crippen molar-refractivity contribution in [3.05, 3.63) is 81.8 Å². The second kappa shape index (κ2) is 12.9. The molecule has 0 radical (unpaired) electrons. The summed E-state index contributed by atoms with van der Waals surface area (Å²) in [4.78, 5) is 53.3. The Morgan fingerprint density at radius 3 is 2.69 bits per heavy atom. The Kier molecular flexibility index (Phi) is 8.82. The van der Waals surface area contributed by atoms with E-state index in [-0.39, 0.29) is 49.5 Å². The topological polar surface area (TPSA) is 143 Å². The molecule has 4 bridgehead atoms. The van der Waals surface area contributed by atoms with Gasteiger partial charge in [0.25, 0.3) is 11.5 Å². The number of rotatable bonds is 2. The van der Waals surface area contributed by atoms with Gasteiger partial charge in [-0.15, -0.1) is 0 Å². The summed E-state index contributed by atoms with van der Waals surface area (Å²) in [5.41, 5.74) is 1.45. The lowest BCUT2D eigenvalue weighted by Gasteiger charge is -2.38. The van der Waals surface area contributed by atoms with Crippen LogP contribution >= 0.6 is 0 Å². The third kappa shape index (κ3) is 6.95. The normalized spacial score (nSPS) is 20.0. The minimum absolute atomic E-state index is 0.107. The molecule has 0 unspecified atom stereocenters. The molecular weight excluding hydrogens is 542 g/mol. The number of aryl methyl sites for hydroxylation is 1. The third-order valence-corrected chi connectivity index (χ3v) is 7.34. The molecule has 2 aromatic carbocycles. The fraction of sp³-hybridized carbons (Fsp3) is 0.367. The van der Waals surface area contributed by atoms with Gasteiger partial charge >= 0.3 is 0 Å². The number of fused-ring (bicyclic) bond motifs is 9. The van der Waals surface area contributed by atoms with Gasteiger partial charge in [-0.1, -0.05) is 18.2 Å². The molecule has 2 N–H and O–H groups in total. The number of nitrogens with one attached hydrogen (secondary N) is 2. The highest BCUT2D eigenvalue weighted by molar-refractivity contribution is 5.92. The van der Waals surface area contributed by atoms with Gasteiger partial charge < -0.3 is 29.3 Å². The second-order valence-corrected chi connectivity index (χ2v) is 10.4. The van der Waals surface area contributed by atoms with E-state index in [2.05, 4.69) is 15.5 Å². The number of nitrogens with zero attached hydrogens (tertiary/aromatic N) is 3. The van der Waals surface area contributed by atoms with Gasteiger partial charge in [-0.3, -0.25) is 19.2 Å². The largest absolute Gasteiger partial charge is 0.493 e. The van der Waals surface area contributed by atoms with Crippen LogP contribution in [0.5, 0.6) is 17.2 Å². The van der Waals surface area contributed by atoms with Gasteiger partial charge in [-0.05, 0) is 54.3 Å². The molecule has 6 rings (SSSR count). The lowest BCUT2D eigenvalue weighted by Crippen LogP contribution is -2.57. The number of carbonyl (C=O) groups excluding carboxylic acids is 3. The number of hydrogen-bond acceptors (Lipinski definition) is 8. The molecule has 2 atom stereocenters. The molecule has 220 valence electrons. The van der Waals surface area contributed by atoms with Crippen LogP contribution in [0, 0.1) is 0 Å². The van der Waals surface area contributed by atoms with Crippen molar-refractivity contribution < 1.29 is 28.6 Å². The molecule has 3 aliphatic heterocycles. The number of H-pyrrole nitrogens is 1. The van der Waals surface area contributed by atoms with E-state index in [1.807, 2.05) is 42.5 Å². The monoisotopic (exact) mass is 575 g/mol. The highest BCUT2D eigenvalue weighted by atomic mass is 16.5. The van der Waals surface area contributed by atoms with Crippen molar-refractivity contribution in [2.24, 2.45) is 0 Å². The summed E-state index contributed by atoms with van der Waals surface area (Å²) in [5, 5.41) is 9.15. The number of aromatic nitrogens is 2. The molecule has 0 spiro atoms. The first-order valence-corrected chi connectivity index (χ1v) is 13.7. The molecule has 1 aromatic heterocycles. The molecule has 1 fully saturated rings. The number of carbonyl (C=O) groups is 3. The first-order valence-electron chi connectivity index (χ1n) is 13.7. The zero-order valence-electron chi connectivity index (χ0n) is 23.5. The van der Waals surface area contributed by atoms with E-state index >= 15 is 0 Å². The number of likely N-dealkylation sites (tertiary alicyclic amines) is 1. The maximum Gasteiger partial charge on any atom is 0.274 e. The summed E-state index contributed by atoms with van der Waals surface area (Å²) in [6.45, 7) is 0.631. The Balaban J connectivity index is 1.40. The fourth-order valence-electron chi connectivity index (χ4n) is 5.04. The molecule has 1 saturated heterocycles. The lowest BCUT2D eigenvalue weighted by molar-refractivity contribution is -0.135. The van der Waals surface area contributed by atoms with Crippen molar-refractivity contribution in [1.82, 2.24) is 25.3 Å². The number of ether oxygens (including phenoxy) is 3. The zero-order valence-corrected chi connectivity index (χ0v) is 23.5. The van der Waals surface area contributed by atoms with Crippen LogP contribution in [0.2, 0.25) is 0 Å². The number of benzene rings is 2. The van der Waals surface area contributed by atoms with Gasteiger partial charge in [-0.25, -0.2) is 5.10 Å². The first-order chi connectivity index (χ1) is 20.3. The molecule has 3 aliphatic rings. The number of amides is 3. The van der Waals surface area contributed by atoms with E-state index in [1.165, 1.54) is 17.0 Å². The Bertz CT molecular complexity index is 1500. The van der Waals surface area contributed by atoms with E-state index in [0.717, 1.165) is 11.1 Å². The van der Waals surface area contributed by atoms with Crippen LogP contribution in [0.25, 0.3) is 0 Å². The van der Waals surface area contributed by atoms with Crippen LogP contribution in [0.1, 0.15) is 34.5 Å². The quantitative estimate of drug-likeness (QED) is 0.472. The van der Waals surface area contributed by atoms with Gasteiger partial charge in [0.2, 0.25) is 11.8 Å².